The van der Waals surface area contributed by atoms with E-state index >= 15 is 0 Å². The van der Waals surface area contributed by atoms with Crippen LogP contribution in [-0.4, -0.2) is 33.3 Å². The number of hydrogen-bond donors (Lipinski definition) is 2. The van der Waals surface area contributed by atoms with Gasteiger partial charge in [-0.25, -0.2) is 9.19 Å². The van der Waals surface area contributed by atoms with E-state index in [1.807, 2.05) is 24.3 Å². The van der Waals surface area contributed by atoms with Crippen LogP contribution in [0.5, 0.6) is 0 Å². The van der Waals surface area contributed by atoms with Crippen molar-refractivity contribution >= 4 is 51.1 Å². The quantitative estimate of drug-likeness (QED) is 0.361. The summed E-state index contributed by atoms with van der Waals surface area (Å²) in [6.45, 7) is 1.78. The van der Waals surface area contributed by atoms with Crippen molar-refractivity contribution in [3.05, 3.63) is 75.3 Å². The molecule has 0 aliphatic carbocycles. The van der Waals surface area contributed by atoms with Crippen molar-refractivity contribution in [1.29, 1.82) is 0 Å². The second kappa shape index (κ2) is 10.6. The molecule has 0 saturated carbocycles. The molecule has 1 aromatic heterocycles. The third-order valence-corrected chi connectivity index (χ3v) is 6.86. The summed E-state index contributed by atoms with van der Waals surface area (Å²) in [5, 5.41) is 18.0. The molecule has 1 aliphatic heterocycles. The Morgan fingerprint density at radius 2 is 1.84 bits per heavy atom. The maximum Gasteiger partial charge on any atom is 0.269 e. The van der Waals surface area contributed by atoms with Gasteiger partial charge in [0.1, 0.15) is 0 Å². The topological polar surface area (TPSA) is 106 Å². The van der Waals surface area contributed by atoms with Crippen LogP contribution in [0.1, 0.15) is 23.3 Å². The number of aromatic nitrogens is 1. The van der Waals surface area contributed by atoms with E-state index in [-0.39, 0.29) is 11.8 Å². The highest BCUT2D eigenvalue weighted by molar-refractivity contribution is 7.80. The fourth-order valence-electron chi connectivity index (χ4n) is 3.15. The predicted molar refractivity (Wildman–Crippen MR) is 127 cm³/mol. The van der Waals surface area contributed by atoms with E-state index in [0.29, 0.717) is 4.90 Å². The van der Waals surface area contributed by atoms with Gasteiger partial charge >= 0.3 is 0 Å². The first-order valence-electron chi connectivity index (χ1n) is 10.1. The number of rotatable bonds is 8. The number of non-ortho nitro benzene ring substituents is 1. The van der Waals surface area contributed by atoms with Gasteiger partial charge in [0.25, 0.3) is 5.69 Å². The lowest BCUT2D eigenvalue weighted by atomic mass is 10.1. The number of hydrogen-bond acceptors (Lipinski definition) is 8. The maximum absolute atomic E-state index is 12.4. The zero-order valence-electron chi connectivity index (χ0n) is 17.1. The molecule has 2 heterocycles. The molecule has 0 spiro atoms. The summed E-state index contributed by atoms with van der Waals surface area (Å²) in [5.41, 5.74) is 1.78. The average molecular weight is 471 g/mol. The van der Waals surface area contributed by atoms with Gasteiger partial charge in [0.15, 0.2) is 16.2 Å². The van der Waals surface area contributed by atoms with E-state index in [0.717, 1.165) is 47.2 Å². The Morgan fingerprint density at radius 3 is 2.53 bits per heavy atom. The SMILES string of the molecule is O=[N+]([O-])c1ccc(/C=C/c2cnc(Nc3ccc(S(=O)OC4CCNCC4)cc3)s2)cc1. The van der Waals surface area contributed by atoms with Crippen molar-refractivity contribution in [1.82, 2.24) is 10.3 Å². The van der Waals surface area contributed by atoms with Crippen LogP contribution in [0.2, 0.25) is 0 Å². The van der Waals surface area contributed by atoms with Gasteiger partial charge in [-0.15, -0.1) is 0 Å². The van der Waals surface area contributed by atoms with Crippen molar-refractivity contribution in [3.8, 4) is 0 Å². The largest absolute Gasteiger partial charge is 0.332 e. The second-order valence-corrected chi connectivity index (χ2v) is 9.37. The Hall–Kier alpha value is -2.92. The number of nitro benzene ring substituents is 1. The van der Waals surface area contributed by atoms with E-state index in [9.17, 15) is 14.3 Å². The highest BCUT2D eigenvalue weighted by atomic mass is 32.2. The molecule has 166 valence electrons. The summed E-state index contributed by atoms with van der Waals surface area (Å²) in [4.78, 5) is 16.3. The predicted octanol–water partition coefficient (Wildman–Crippen LogP) is 4.76. The van der Waals surface area contributed by atoms with Crippen molar-refractivity contribution in [2.45, 2.75) is 23.8 Å². The molecule has 32 heavy (non-hydrogen) atoms. The monoisotopic (exact) mass is 470 g/mol. The van der Waals surface area contributed by atoms with E-state index in [4.69, 9.17) is 4.18 Å². The highest BCUT2D eigenvalue weighted by Gasteiger charge is 2.17. The highest BCUT2D eigenvalue weighted by Crippen LogP contribution is 2.25. The van der Waals surface area contributed by atoms with Crippen LogP contribution in [0, 0.1) is 10.1 Å². The summed E-state index contributed by atoms with van der Waals surface area (Å²) in [7, 11) is 0. The number of nitrogens with one attached hydrogen (secondary N) is 2. The molecule has 0 bridgehead atoms. The van der Waals surface area contributed by atoms with Gasteiger partial charge < -0.3 is 10.6 Å². The van der Waals surface area contributed by atoms with Gasteiger partial charge in [0, 0.05) is 28.9 Å². The molecule has 0 amide bonds. The normalized spacial score (nSPS) is 15.6. The fraction of sp³-hybridized carbons (Fsp3) is 0.227. The van der Waals surface area contributed by atoms with Crippen LogP contribution in [0.4, 0.5) is 16.5 Å². The molecule has 2 N–H and O–H groups in total. The first kappa shape index (κ1) is 22.3. The molecule has 1 unspecified atom stereocenters. The summed E-state index contributed by atoms with van der Waals surface area (Å²) in [6.07, 6.45) is 7.32. The number of benzene rings is 2. The van der Waals surface area contributed by atoms with E-state index in [2.05, 4.69) is 15.6 Å². The molecule has 1 fully saturated rings. The first-order chi connectivity index (χ1) is 15.6. The van der Waals surface area contributed by atoms with Crippen LogP contribution in [-0.2, 0) is 15.3 Å². The first-order valence-corrected chi connectivity index (χ1v) is 12.0. The minimum Gasteiger partial charge on any atom is -0.332 e. The molecule has 10 heteroatoms. The van der Waals surface area contributed by atoms with Gasteiger partial charge in [0.05, 0.1) is 15.9 Å². The zero-order chi connectivity index (χ0) is 22.3. The van der Waals surface area contributed by atoms with Gasteiger partial charge in [-0.05, 0) is 74.0 Å². The second-order valence-electron chi connectivity index (χ2n) is 7.18. The van der Waals surface area contributed by atoms with Crippen LogP contribution >= 0.6 is 11.3 Å². The lowest BCUT2D eigenvalue weighted by Crippen LogP contribution is -2.32. The van der Waals surface area contributed by atoms with Crippen LogP contribution in [0.3, 0.4) is 0 Å². The molecule has 2 aromatic carbocycles. The van der Waals surface area contributed by atoms with Gasteiger partial charge in [-0.2, -0.15) is 0 Å². The molecule has 4 rings (SSSR count). The molecular formula is C22H22N4O4S2. The molecule has 1 saturated heterocycles. The van der Waals surface area contributed by atoms with Crippen molar-refractivity contribution in [3.63, 3.8) is 0 Å². The molecule has 1 aliphatic rings. The Bertz CT molecular complexity index is 1110. The number of nitrogens with zero attached hydrogens (tertiary/aromatic N) is 2. The van der Waals surface area contributed by atoms with Crippen molar-refractivity contribution in [2.24, 2.45) is 0 Å². The minimum absolute atomic E-state index is 0.0303. The van der Waals surface area contributed by atoms with E-state index < -0.39 is 16.0 Å². The minimum atomic E-state index is -1.47. The molecule has 0 radical (unpaired) electrons. The Balaban J connectivity index is 1.32. The molecule has 8 nitrogen and oxygen atoms in total. The number of nitro groups is 1. The summed E-state index contributed by atoms with van der Waals surface area (Å²) < 4.78 is 18.1. The number of thiazole rings is 1. The zero-order valence-corrected chi connectivity index (χ0v) is 18.7. The summed E-state index contributed by atoms with van der Waals surface area (Å²) in [6, 6.07) is 13.7. The standard InChI is InChI=1S/C22H22N4O4S2/c27-26(28)18-6-1-16(2-7-18)3-8-20-15-24-22(31-20)25-17-4-9-21(10-5-17)32(29)30-19-11-13-23-14-12-19/h1-10,15,19,23H,11-14H2,(H,24,25)/b8-3+. The van der Waals surface area contributed by atoms with Gasteiger partial charge in [0.2, 0.25) is 0 Å². The Morgan fingerprint density at radius 1 is 1.12 bits per heavy atom. The van der Waals surface area contributed by atoms with Crippen LogP contribution in [0.25, 0.3) is 12.2 Å². The molecule has 1 atom stereocenters. The molecule has 3 aromatic rings. The third kappa shape index (κ3) is 6.07. The van der Waals surface area contributed by atoms with Crippen LogP contribution < -0.4 is 10.6 Å². The average Bonchev–Trinajstić information content (AvgIpc) is 3.26. The lowest BCUT2D eigenvalue weighted by Gasteiger charge is -2.21. The van der Waals surface area contributed by atoms with Crippen molar-refractivity contribution in [2.75, 3.05) is 18.4 Å². The smallest absolute Gasteiger partial charge is 0.269 e. The van der Waals surface area contributed by atoms with Crippen molar-refractivity contribution < 1.29 is 13.3 Å². The van der Waals surface area contributed by atoms with E-state index in [1.54, 1.807) is 30.5 Å². The maximum atomic E-state index is 12.4. The van der Waals surface area contributed by atoms with Gasteiger partial charge in [-0.1, -0.05) is 17.4 Å². The Kier molecular flexibility index (Phi) is 7.38. The summed E-state index contributed by atoms with van der Waals surface area (Å²) in [5.74, 6) is 0. The summed E-state index contributed by atoms with van der Waals surface area (Å²) >= 11 is 0.00912. The number of piperidine rings is 1. The number of anilines is 2. The molecular weight excluding hydrogens is 448 g/mol. The van der Waals surface area contributed by atoms with Gasteiger partial charge in [-0.3, -0.25) is 14.3 Å². The Labute approximate surface area is 192 Å². The van der Waals surface area contributed by atoms with E-state index in [1.165, 1.54) is 23.5 Å². The lowest BCUT2D eigenvalue weighted by molar-refractivity contribution is -0.384. The fourth-order valence-corrected chi connectivity index (χ4v) is 4.80. The third-order valence-electron chi connectivity index (χ3n) is 4.88. The van der Waals surface area contributed by atoms with Crippen LogP contribution in [0.15, 0.2) is 59.6 Å².